The van der Waals surface area contributed by atoms with Crippen LogP contribution in [0.1, 0.15) is 39.1 Å². The molecule has 2 aliphatic rings. The molecule has 0 radical (unpaired) electrons. The monoisotopic (exact) mass is 301 g/mol. The summed E-state index contributed by atoms with van der Waals surface area (Å²) in [5, 5.41) is 5.15. The lowest BCUT2D eigenvalue weighted by Crippen LogP contribution is -2.54. The molecular weight excluding hydrogens is 286 g/mol. The Morgan fingerprint density at radius 2 is 1.91 bits per heavy atom. The third-order valence-corrected chi connectivity index (χ3v) is 3.89. The molecule has 2 aliphatic heterocycles. The standard InChI is InChI=1S/C15H15N3O4/c1-16-7-8-2-3-9-10(6-8)15(22)18(14(9)21)11-4-5-12(19)17-13(11)20/h2-3,6,11,16H,4-5,7H2,1H3,(H,17,19,20). The molecule has 4 amide bonds. The summed E-state index contributed by atoms with van der Waals surface area (Å²) >= 11 is 0. The lowest BCUT2D eigenvalue weighted by molar-refractivity contribution is -0.136. The van der Waals surface area contributed by atoms with Crippen molar-refractivity contribution >= 4 is 23.6 Å². The van der Waals surface area contributed by atoms with Crippen LogP contribution in [0.3, 0.4) is 0 Å². The van der Waals surface area contributed by atoms with Crippen molar-refractivity contribution in [3.05, 3.63) is 34.9 Å². The summed E-state index contributed by atoms with van der Waals surface area (Å²) in [6.07, 6.45) is 0.286. The Kier molecular flexibility index (Phi) is 3.50. The molecule has 1 aromatic rings. The quantitative estimate of drug-likeness (QED) is 0.754. The molecule has 7 nitrogen and oxygen atoms in total. The first-order valence-electron chi connectivity index (χ1n) is 7.02. The number of fused-ring (bicyclic) bond motifs is 1. The minimum absolute atomic E-state index is 0.120. The van der Waals surface area contributed by atoms with E-state index >= 15 is 0 Å². The van der Waals surface area contributed by atoms with Crippen molar-refractivity contribution in [2.24, 2.45) is 0 Å². The maximum Gasteiger partial charge on any atom is 0.262 e. The summed E-state index contributed by atoms with van der Waals surface area (Å²) in [5.74, 6) is -1.94. The molecule has 0 aromatic heterocycles. The summed E-state index contributed by atoms with van der Waals surface area (Å²) < 4.78 is 0. The summed E-state index contributed by atoms with van der Waals surface area (Å²) in [5.41, 5.74) is 1.49. The first kappa shape index (κ1) is 14.4. The van der Waals surface area contributed by atoms with Gasteiger partial charge >= 0.3 is 0 Å². The molecule has 1 fully saturated rings. The van der Waals surface area contributed by atoms with Gasteiger partial charge in [0.1, 0.15) is 6.04 Å². The lowest BCUT2D eigenvalue weighted by Gasteiger charge is -2.27. The second-order valence-electron chi connectivity index (χ2n) is 5.36. The molecule has 0 bridgehead atoms. The molecule has 0 saturated carbocycles. The van der Waals surface area contributed by atoms with Crippen LogP contribution in [0.2, 0.25) is 0 Å². The number of hydrogen-bond acceptors (Lipinski definition) is 5. The second kappa shape index (κ2) is 5.34. The zero-order valence-electron chi connectivity index (χ0n) is 12.0. The highest BCUT2D eigenvalue weighted by atomic mass is 16.2. The van der Waals surface area contributed by atoms with Crippen LogP contribution in [0, 0.1) is 0 Å². The van der Waals surface area contributed by atoms with Crippen LogP contribution in [0.25, 0.3) is 0 Å². The number of piperidine rings is 1. The van der Waals surface area contributed by atoms with Gasteiger partial charge in [0.2, 0.25) is 11.8 Å². The molecule has 7 heteroatoms. The average molecular weight is 301 g/mol. The van der Waals surface area contributed by atoms with Crippen molar-refractivity contribution in [2.75, 3.05) is 7.05 Å². The number of carbonyl (C=O) groups is 4. The largest absolute Gasteiger partial charge is 0.316 e. The summed E-state index contributed by atoms with van der Waals surface area (Å²) in [6.45, 7) is 0.577. The highest BCUT2D eigenvalue weighted by Gasteiger charge is 2.44. The van der Waals surface area contributed by atoms with Crippen molar-refractivity contribution in [2.45, 2.75) is 25.4 Å². The smallest absolute Gasteiger partial charge is 0.262 e. The molecule has 114 valence electrons. The van der Waals surface area contributed by atoms with Crippen molar-refractivity contribution in [1.82, 2.24) is 15.5 Å². The van der Waals surface area contributed by atoms with Gasteiger partial charge in [0, 0.05) is 13.0 Å². The van der Waals surface area contributed by atoms with Crippen molar-refractivity contribution in [3.63, 3.8) is 0 Å². The van der Waals surface area contributed by atoms with Gasteiger partial charge in [0.05, 0.1) is 11.1 Å². The fraction of sp³-hybridized carbons (Fsp3) is 0.333. The highest BCUT2D eigenvalue weighted by Crippen LogP contribution is 2.28. The fourth-order valence-electron chi connectivity index (χ4n) is 2.83. The third kappa shape index (κ3) is 2.19. The molecule has 1 aromatic carbocycles. The van der Waals surface area contributed by atoms with Gasteiger partial charge in [0.25, 0.3) is 11.8 Å². The van der Waals surface area contributed by atoms with Crippen LogP contribution in [-0.4, -0.2) is 41.6 Å². The predicted octanol–water partition coefficient (Wildman–Crippen LogP) is -0.193. The normalized spacial score (nSPS) is 21.1. The van der Waals surface area contributed by atoms with Crippen molar-refractivity contribution < 1.29 is 19.2 Å². The van der Waals surface area contributed by atoms with Gasteiger partial charge in [-0.15, -0.1) is 0 Å². The maximum atomic E-state index is 12.5. The summed E-state index contributed by atoms with van der Waals surface area (Å²) in [6, 6.07) is 4.12. The number of benzene rings is 1. The van der Waals surface area contributed by atoms with Crippen LogP contribution in [-0.2, 0) is 16.1 Å². The molecule has 1 saturated heterocycles. The Labute approximate surface area is 126 Å². The molecule has 1 unspecified atom stereocenters. The number of nitrogens with one attached hydrogen (secondary N) is 2. The van der Waals surface area contributed by atoms with E-state index < -0.39 is 23.8 Å². The first-order valence-corrected chi connectivity index (χ1v) is 7.02. The van der Waals surface area contributed by atoms with Gasteiger partial charge in [-0.1, -0.05) is 6.07 Å². The van der Waals surface area contributed by atoms with Crippen molar-refractivity contribution in [1.29, 1.82) is 0 Å². The molecule has 2 heterocycles. The highest BCUT2D eigenvalue weighted by molar-refractivity contribution is 6.23. The van der Waals surface area contributed by atoms with Gasteiger partial charge in [-0.25, -0.2) is 0 Å². The van der Waals surface area contributed by atoms with Gasteiger partial charge in [0.15, 0.2) is 0 Å². The maximum absolute atomic E-state index is 12.5. The number of imide groups is 2. The van der Waals surface area contributed by atoms with Crippen LogP contribution < -0.4 is 10.6 Å². The van der Waals surface area contributed by atoms with Crippen LogP contribution >= 0.6 is 0 Å². The van der Waals surface area contributed by atoms with E-state index in [0.29, 0.717) is 17.7 Å². The molecule has 0 spiro atoms. The Balaban J connectivity index is 1.93. The number of amides is 4. The zero-order valence-corrected chi connectivity index (χ0v) is 12.0. The van der Waals surface area contributed by atoms with E-state index in [9.17, 15) is 19.2 Å². The van der Waals surface area contributed by atoms with Gasteiger partial charge in [-0.3, -0.25) is 29.4 Å². The Bertz CT molecular complexity index is 698. The molecule has 2 N–H and O–H groups in total. The van der Waals surface area contributed by atoms with E-state index in [1.165, 1.54) is 0 Å². The Morgan fingerprint density at radius 3 is 2.59 bits per heavy atom. The number of rotatable bonds is 3. The number of hydrogen-bond donors (Lipinski definition) is 2. The molecule has 3 rings (SSSR count). The van der Waals surface area contributed by atoms with E-state index in [1.807, 2.05) is 0 Å². The lowest BCUT2D eigenvalue weighted by atomic mass is 10.0. The molecule has 1 atom stereocenters. The van der Waals surface area contributed by atoms with Crippen LogP contribution in [0.4, 0.5) is 0 Å². The number of nitrogens with zero attached hydrogens (tertiary/aromatic N) is 1. The van der Waals surface area contributed by atoms with Gasteiger partial charge in [-0.2, -0.15) is 0 Å². The summed E-state index contributed by atoms with van der Waals surface area (Å²) in [4.78, 5) is 49.0. The topological polar surface area (TPSA) is 95.6 Å². The van der Waals surface area contributed by atoms with E-state index in [4.69, 9.17) is 0 Å². The Morgan fingerprint density at radius 1 is 1.18 bits per heavy atom. The van der Waals surface area contributed by atoms with E-state index in [1.54, 1.807) is 25.2 Å². The fourth-order valence-corrected chi connectivity index (χ4v) is 2.83. The second-order valence-corrected chi connectivity index (χ2v) is 5.36. The first-order chi connectivity index (χ1) is 10.5. The van der Waals surface area contributed by atoms with Crippen molar-refractivity contribution in [3.8, 4) is 0 Å². The van der Waals surface area contributed by atoms with Gasteiger partial charge in [-0.05, 0) is 31.2 Å². The minimum Gasteiger partial charge on any atom is -0.316 e. The van der Waals surface area contributed by atoms with Crippen LogP contribution in [0.5, 0.6) is 0 Å². The predicted molar refractivity (Wildman–Crippen MR) is 75.9 cm³/mol. The van der Waals surface area contributed by atoms with Crippen LogP contribution in [0.15, 0.2) is 18.2 Å². The zero-order chi connectivity index (χ0) is 15.9. The summed E-state index contributed by atoms with van der Waals surface area (Å²) in [7, 11) is 1.79. The molecule has 22 heavy (non-hydrogen) atoms. The Hall–Kier alpha value is -2.54. The molecular formula is C15H15N3O4. The third-order valence-electron chi connectivity index (χ3n) is 3.89. The molecule has 0 aliphatic carbocycles. The average Bonchev–Trinajstić information content (AvgIpc) is 2.72. The minimum atomic E-state index is -0.919. The van der Waals surface area contributed by atoms with E-state index in [0.717, 1.165) is 10.5 Å². The van der Waals surface area contributed by atoms with E-state index in [-0.39, 0.29) is 18.7 Å². The van der Waals surface area contributed by atoms with Gasteiger partial charge < -0.3 is 5.32 Å². The number of carbonyl (C=O) groups excluding carboxylic acids is 4. The SMILES string of the molecule is CNCc1ccc2c(c1)C(=O)N(C1CCC(=O)NC1=O)C2=O. The van der Waals surface area contributed by atoms with E-state index in [2.05, 4.69) is 10.6 Å².